The maximum atomic E-state index is 13.9. The van der Waals surface area contributed by atoms with Gasteiger partial charge in [0.1, 0.15) is 4.60 Å². The van der Waals surface area contributed by atoms with Crippen molar-refractivity contribution < 1.29 is 14.7 Å². The third-order valence-electron chi connectivity index (χ3n) is 8.64. The molecule has 6 nitrogen and oxygen atoms in total. The summed E-state index contributed by atoms with van der Waals surface area (Å²) in [6.07, 6.45) is 9.68. The summed E-state index contributed by atoms with van der Waals surface area (Å²) in [5, 5.41) is 16.8. The summed E-state index contributed by atoms with van der Waals surface area (Å²) in [5.74, 6) is -0.574. The van der Waals surface area contributed by atoms with Gasteiger partial charge in [-0.3, -0.25) is 9.59 Å². The normalized spacial score (nSPS) is 36.0. The van der Waals surface area contributed by atoms with E-state index < -0.39 is 17.3 Å². The van der Waals surface area contributed by atoms with Crippen molar-refractivity contribution in [1.29, 1.82) is 0 Å². The van der Waals surface area contributed by atoms with Crippen LogP contribution in [0, 0.1) is 34.5 Å². The molecule has 1 spiro atoms. The number of aliphatic carboxylic acids is 1. The molecular formula is C23H30BrN3O3. The molecule has 5 atom stereocenters. The van der Waals surface area contributed by atoms with E-state index in [4.69, 9.17) is 0 Å². The molecule has 0 aromatic carbocycles. The summed E-state index contributed by atoms with van der Waals surface area (Å²) in [6.45, 7) is 2.04. The lowest BCUT2D eigenvalue weighted by atomic mass is 9.61. The van der Waals surface area contributed by atoms with E-state index in [1.54, 1.807) is 12.3 Å². The van der Waals surface area contributed by atoms with Crippen molar-refractivity contribution in [2.45, 2.75) is 51.4 Å². The van der Waals surface area contributed by atoms with Crippen LogP contribution in [0.5, 0.6) is 0 Å². The van der Waals surface area contributed by atoms with Crippen molar-refractivity contribution in [1.82, 2.24) is 10.3 Å². The Bertz CT molecular complexity index is 835. The SMILES string of the molecule is O=C(O)[C@@H]1[C@H]2CC[C@@H](C23CC3)[C@@]1(CCC1CCCNC1)C(=O)Nc1ccc(Br)nc1. The number of amides is 1. The Morgan fingerprint density at radius 3 is 2.73 bits per heavy atom. The second-order valence-electron chi connectivity index (χ2n) is 9.90. The van der Waals surface area contributed by atoms with Gasteiger partial charge in [-0.15, -0.1) is 0 Å². The van der Waals surface area contributed by atoms with Crippen LogP contribution in [0.15, 0.2) is 22.9 Å². The fourth-order valence-corrected chi connectivity index (χ4v) is 7.57. The van der Waals surface area contributed by atoms with Crippen LogP contribution in [0.2, 0.25) is 0 Å². The molecule has 4 fully saturated rings. The van der Waals surface area contributed by atoms with Crippen LogP contribution in [0.1, 0.15) is 51.4 Å². The number of halogens is 1. The Balaban J connectivity index is 1.47. The van der Waals surface area contributed by atoms with Crippen LogP contribution in [0.25, 0.3) is 0 Å². The maximum Gasteiger partial charge on any atom is 0.307 e. The molecule has 1 saturated heterocycles. The third kappa shape index (κ3) is 3.11. The molecule has 4 aliphatic rings. The van der Waals surface area contributed by atoms with Crippen molar-refractivity contribution in [3.05, 3.63) is 22.9 Å². The zero-order chi connectivity index (χ0) is 20.9. The van der Waals surface area contributed by atoms with Gasteiger partial charge in [-0.2, -0.15) is 0 Å². The highest BCUT2D eigenvalue weighted by Gasteiger charge is 2.77. The summed E-state index contributed by atoms with van der Waals surface area (Å²) >= 11 is 3.33. The maximum absolute atomic E-state index is 13.9. The first-order valence-electron chi connectivity index (χ1n) is 11.3. The molecule has 162 valence electrons. The number of carbonyl (C=O) groups is 2. The van der Waals surface area contributed by atoms with Crippen molar-refractivity contribution in [3.8, 4) is 0 Å². The van der Waals surface area contributed by atoms with Crippen LogP contribution >= 0.6 is 15.9 Å². The average molecular weight is 476 g/mol. The van der Waals surface area contributed by atoms with Gasteiger partial charge in [-0.1, -0.05) is 0 Å². The molecule has 7 heteroatoms. The van der Waals surface area contributed by atoms with E-state index in [0.717, 1.165) is 58.0 Å². The van der Waals surface area contributed by atoms with Crippen LogP contribution < -0.4 is 10.6 Å². The molecule has 3 saturated carbocycles. The number of nitrogens with one attached hydrogen (secondary N) is 2. The van der Waals surface area contributed by atoms with Crippen molar-refractivity contribution in [2.75, 3.05) is 18.4 Å². The minimum absolute atomic E-state index is 0.0960. The largest absolute Gasteiger partial charge is 0.481 e. The first kappa shape index (κ1) is 20.4. The molecular weight excluding hydrogens is 446 g/mol. The molecule has 1 amide bonds. The van der Waals surface area contributed by atoms with Crippen LogP contribution in [-0.2, 0) is 9.59 Å². The topological polar surface area (TPSA) is 91.3 Å². The number of hydrogen-bond donors (Lipinski definition) is 3. The van der Waals surface area contributed by atoms with Crippen molar-refractivity contribution in [2.24, 2.45) is 34.5 Å². The molecule has 3 N–H and O–H groups in total. The van der Waals surface area contributed by atoms with Gasteiger partial charge >= 0.3 is 5.97 Å². The van der Waals surface area contributed by atoms with Gasteiger partial charge in [0.25, 0.3) is 0 Å². The Hall–Kier alpha value is -1.47. The van der Waals surface area contributed by atoms with E-state index in [9.17, 15) is 14.7 Å². The van der Waals surface area contributed by atoms with Gasteiger partial charge in [0.05, 0.1) is 23.2 Å². The van der Waals surface area contributed by atoms with Crippen molar-refractivity contribution in [3.63, 3.8) is 0 Å². The molecule has 1 unspecified atom stereocenters. The lowest BCUT2D eigenvalue weighted by Crippen LogP contribution is -2.50. The minimum atomic E-state index is -0.810. The lowest BCUT2D eigenvalue weighted by molar-refractivity contribution is -0.155. The molecule has 1 aromatic rings. The number of carbonyl (C=O) groups excluding carboxylic acids is 1. The zero-order valence-corrected chi connectivity index (χ0v) is 18.8. The number of carboxylic acids is 1. The molecule has 2 heterocycles. The number of anilines is 1. The molecule has 1 aromatic heterocycles. The van der Waals surface area contributed by atoms with Crippen LogP contribution in [0.3, 0.4) is 0 Å². The second kappa shape index (κ2) is 7.59. The smallest absolute Gasteiger partial charge is 0.307 e. The molecule has 3 aliphatic carbocycles. The van der Waals surface area contributed by atoms with E-state index in [0.29, 0.717) is 22.6 Å². The number of aromatic nitrogens is 1. The highest BCUT2D eigenvalue weighted by Crippen LogP contribution is 2.79. The average Bonchev–Trinajstić information content (AvgIpc) is 3.41. The zero-order valence-electron chi connectivity index (χ0n) is 17.2. The molecule has 2 bridgehead atoms. The number of hydrogen-bond acceptors (Lipinski definition) is 4. The van der Waals surface area contributed by atoms with Gasteiger partial charge in [0, 0.05) is 0 Å². The first-order valence-corrected chi connectivity index (χ1v) is 12.1. The Kier molecular flexibility index (Phi) is 5.17. The monoisotopic (exact) mass is 475 g/mol. The van der Waals surface area contributed by atoms with E-state index in [2.05, 4.69) is 31.5 Å². The molecule has 30 heavy (non-hydrogen) atoms. The quantitative estimate of drug-likeness (QED) is 0.539. The molecule has 0 radical (unpaired) electrons. The predicted molar refractivity (Wildman–Crippen MR) is 117 cm³/mol. The fourth-order valence-electron chi connectivity index (χ4n) is 7.33. The molecule has 5 rings (SSSR count). The number of nitrogens with zero attached hydrogens (tertiary/aromatic N) is 1. The van der Waals surface area contributed by atoms with Crippen molar-refractivity contribution >= 4 is 33.5 Å². The number of carboxylic acid groups (broad SMARTS) is 1. The lowest BCUT2D eigenvalue weighted by Gasteiger charge is -2.42. The van der Waals surface area contributed by atoms with Gasteiger partial charge < -0.3 is 15.7 Å². The Morgan fingerprint density at radius 1 is 1.27 bits per heavy atom. The van der Waals surface area contributed by atoms with Gasteiger partial charge in [-0.25, -0.2) is 4.98 Å². The first-order chi connectivity index (χ1) is 14.5. The standard InChI is InChI=1S/C23H30BrN3O3/c24-18-6-3-15(13-26-18)27-21(30)23(8-7-14-2-1-11-25-12-14)17-5-4-16(19(23)20(28)29)22(17)9-10-22/h3,6,13-14,16-17,19,25H,1-2,4-5,7-12H2,(H,27,30)(H,28,29)/t14?,16-,17+,19+,23-/m1/s1. The fraction of sp³-hybridized carbons (Fsp3) is 0.696. The van der Waals surface area contributed by atoms with E-state index in [-0.39, 0.29) is 23.2 Å². The Morgan fingerprint density at radius 2 is 2.10 bits per heavy atom. The third-order valence-corrected chi connectivity index (χ3v) is 9.11. The van der Waals surface area contributed by atoms with E-state index in [1.807, 2.05) is 6.07 Å². The predicted octanol–water partition coefficient (Wildman–Crippen LogP) is 4.07. The van der Waals surface area contributed by atoms with Gasteiger partial charge in [0.15, 0.2) is 0 Å². The number of rotatable bonds is 6. The highest BCUT2D eigenvalue weighted by atomic mass is 79.9. The van der Waals surface area contributed by atoms with Crippen LogP contribution in [-0.4, -0.2) is 35.1 Å². The molecule has 1 aliphatic heterocycles. The second-order valence-corrected chi connectivity index (χ2v) is 10.7. The van der Waals surface area contributed by atoms with E-state index in [1.165, 1.54) is 0 Å². The minimum Gasteiger partial charge on any atom is -0.481 e. The Labute approximate surface area is 185 Å². The summed E-state index contributed by atoms with van der Waals surface area (Å²) < 4.78 is 0.709. The summed E-state index contributed by atoms with van der Waals surface area (Å²) in [4.78, 5) is 30.7. The van der Waals surface area contributed by atoms with E-state index >= 15 is 0 Å². The number of piperidine rings is 1. The summed E-state index contributed by atoms with van der Waals surface area (Å²) in [5.41, 5.74) is -0.0717. The summed E-state index contributed by atoms with van der Waals surface area (Å²) in [7, 11) is 0. The summed E-state index contributed by atoms with van der Waals surface area (Å²) in [6, 6.07) is 3.62. The van der Waals surface area contributed by atoms with Gasteiger partial charge in [0.2, 0.25) is 5.91 Å². The van der Waals surface area contributed by atoms with Gasteiger partial charge in [-0.05, 0) is 116 Å². The highest BCUT2D eigenvalue weighted by molar-refractivity contribution is 9.10. The van der Waals surface area contributed by atoms with Crippen LogP contribution in [0.4, 0.5) is 5.69 Å². The number of pyridine rings is 1.